The number of carbonyl (C=O) groups is 1. The van der Waals surface area contributed by atoms with Gasteiger partial charge in [-0.05, 0) is 13.8 Å². The molecule has 8 nitrogen and oxygen atoms in total. The third-order valence-corrected chi connectivity index (χ3v) is 5.25. The van der Waals surface area contributed by atoms with Crippen molar-refractivity contribution in [2.75, 3.05) is 16.8 Å². The molecule has 0 aliphatic carbocycles. The number of rotatable bonds is 4. The number of nitrogens with one attached hydrogen (secondary N) is 2. The van der Waals surface area contributed by atoms with Crippen LogP contribution in [0.4, 0.5) is 15.9 Å². The number of H-pyrrole nitrogens is 1. The second-order valence-electron chi connectivity index (χ2n) is 7.32. The molecular weight excluding hydrogens is 409 g/mol. The highest BCUT2D eigenvalue weighted by atomic mass is 35.5. The Morgan fingerprint density at radius 1 is 1.30 bits per heavy atom. The summed E-state index contributed by atoms with van der Waals surface area (Å²) >= 11 is 6.45. The second-order valence-corrected chi connectivity index (χ2v) is 7.70. The van der Waals surface area contributed by atoms with Gasteiger partial charge in [0, 0.05) is 35.8 Å². The number of hydrogen-bond donors (Lipinski definition) is 2. The van der Waals surface area contributed by atoms with Gasteiger partial charge in [-0.25, -0.2) is 9.37 Å². The molecule has 10 heteroatoms. The number of benzene rings is 1. The zero-order chi connectivity index (χ0) is 21.0. The summed E-state index contributed by atoms with van der Waals surface area (Å²) in [6, 6.07) is 0.00884. The van der Waals surface area contributed by atoms with Crippen LogP contribution in [0.2, 0.25) is 5.02 Å². The van der Waals surface area contributed by atoms with Gasteiger partial charge in [0.15, 0.2) is 17.3 Å². The van der Waals surface area contributed by atoms with Crippen LogP contribution in [0.15, 0.2) is 36.9 Å². The van der Waals surface area contributed by atoms with Gasteiger partial charge in [0.1, 0.15) is 0 Å². The summed E-state index contributed by atoms with van der Waals surface area (Å²) < 4.78 is 16.9. The Hall–Kier alpha value is -3.46. The first kappa shape index (κ1) is 18.6. The van der Waals surface area contributed by atoms with Gasteiger partial charge in [0.25, 0.3) is 5.91 Å². The second kappa shape index (κ2) is 6.81. The molecule has 0 unspecified atom stereocenters. The Bertz CT molecular complexity index is 1340. The normalized spacial score (nSPS) is 14.0. The molecule has 1 aliphatic heterocycles. The topological polar surface area (TPSA) is 91.2 Å². The van der Waals surface area contributed by atoms with Gasteiger partial charge in [-0.15, -0.1) is 0 Å². The van der Waals surface area contributed by atoms with Crippen molar-refractivity contribution >= 4 is 45.6 Å². The van der Waals surface area contributed by atoms with E-state index in [2.05, 4.69) is 25.5 Å². The molecular formula is C20H17ClFN7O. The first-order valence-electron chi connectivity index (χ1n) is 9.37. The lowest BCUT2D eigenvalue weighted by molar-refractivity contribution is -0.113. The number of halogens is 2. The van der Waals surface area contributed by atoms with Gasteiger partial charge < -0.3 is 9.72 Å². The van der Waals surface area contributed by atoms with E-state index >= 15 is 4.39 Å². The number of aromatic amines is 1. The fraction of sp³-hybridized carbons (Fsp3) is 0.200. The first-order valence-corrected chi connectivity index (χ1v) is 9.75. The lowest BCUT2D eigenvalue weighted by Crippen LogP contribution is -2.24. The minimum atomic E-state index is -0.570. The van der Waals surface area contributed by atoms with Crippen molar-refractivity contribution in [3.05, 3.63) is 47.8 Å². The Kier molecular flexibility index (Phi) is 4.21. The smallest absolute Gasteiger partial charge is 0.252 e. The van der Waals surface area contributed by atoms with E-state index in [0.717, 1.165) is 0 Å². The zero-order valence-electron chi connectivity index (χ0n) is 16.1. The van der Waals surface area contributed by atoms with Crippen LogP contribution in [0.1, 0.15) is 13.8 Å². The summed E-state index contributed by atoms with van der Waals surface area (Å²) in [4.78, 5) is 22.4. The van der Waals surface area contributed by atoms with E-state index in [9.17, 15) is 4.79 Å². The van der Waals surface area contributed by atoms with Gasteiger partial charge >= 0.3 is 0 Å². The van der Waals surface area contributed by atoms with E-state index < -0.39 is 5.82 Å². The van der Waals surface area contributed by atoms with Crippen molar-refractivity contribution in [3.63, 3.8) is 0 Å². The lowest BCUT2D eigenvalue weighted by atomic mass is 10.1. The molecule has 0 radical (unpaired) electrons. The molecule has 152 valence electrons. The van der Waals surface area contributed by atoms with E-state index in [4.69, 9.17) is 11.6 Å². The molecule has 4 heterocycles. The van der Waals surface area contributed by atoms with Crippen LogP contribution >= 0.6 is 11.6 Å². The summed E-state index contributed by atoms with van der Waals surface area (Å²) in [5.41, 5.74) is 2.25. The summed E-state index contributed by atoms with van der Waals surface area (Å²) in [6.07, 6.45) is 9.90. The molecule has 1 aliphatic rings. The van der Waals surface area contributed by atoms with Crippen molar-refractivity contribution in [3.8, 4) is 11.3 Å². The van der Waals surface area contributed by atoms with Crippen LogP contribution in [0.5, 0.6) is 0 Å². The average molecular weight is 426 g/mol. The standard InChI is InChI=1S/C20H17ClFN7O/c1-10(2)25-20-18(22)17(21)16(11-6-24-27-19(11)20)12-8-28-9-14(26-13(28)7-23-12)29-5-3-4-15(29)30/h3-4,6-10,25H,5H2,1-2H3,(H,24,27). The van der Waals surface area contributed by atoms with Crippen LogP contribution in [-0.2, 0) is 4.79 Å². The Labute approximate surface area is 175 Å². The van der Waals surface area contributed by atoms with E-state index in [1.807, 2.05) is 13.8 Å². The Morgan fingerprint density at radius 2 is 2.13 bits per heavy atom. The molecule has 3 aromatic heterocycles. The van der Waals surface area contributed by atoms with Crippen LogP contribution in [0.3, 0.4) is 0 Å². The minimum absolute atomic E-state index is 0.00884. The highest BCUT2D eigenvalue weighted by Crippen LogP contribution is 2.40. The van der Waals surface area contributed by atoms with Crippen molar-refractivity contribution in [2.45, 2.75) is 19.9 Å². The number of amides is 1. The van der Waals surface area contributed by atoms with Gasteiger partial charge in [-0.1, -0.05) is 17.7 Å². The molecule has 30 heavy (non-hydrogen) atoms. The third-order valence-electron chi connectivity index (χ3n) is 4.90. The van der Waals surface area contributed by atoms with Gasteiger partial charge in [0.2, 0.25) is 0 Å². The lowest BCUT2D eigenvalue weighted by Gasteiger charge is -2.15. The maximum Gasteiger partial charge on any atom is 0.252 e. The van der Waals surface area contributed by atoms with Crippen molar-refractivity contribution < 1.29 is 9.18 Å². The average Bonchev–Trinajstić information content (AvgIpc) is 3.43. The first-order chi connectivity index (χ1) is 14.4. The molecule has 1 aromatic carbocycles. The number of carbonyl (C=O) groups excluding carboxylic acids is 1. The number of anilines is 2. The fourth-order valence-corrected chi connectivity index (χ4v) is 3.87. The maximum atomic E-state index is 15.1. The summed E-state index contributed by atoms with van der Waals surface area (Å²) in [6.45, 7) is 4.30. The van der Waals surface area contributed by atoms with E-state index in [0.29, 0.717) is 40.2 Å². The number of hydrogen-bond acceptors (Lipinski definition) is 5. The van der Waals surface area contributed by atoms with Gasteiger partial charge in [-0.2, -0.15) is 5.10 Å². The number of aromatic nitrogens is 5. The molecule has 5 rings (SSSR count). The van der Waals surface area contributed by atoms with Crippen LogP contribution < -0.4 is 10.2 Å². The molecule has 0 bridgehead atoms. The van der Waals surface area contributed by atoms with Crippen molar-refractivity contribution in [2.24, 2.45) is 0 Å². The maximum absolute atomic E-state index is 15.1. The highest BCUT2D eigenvalue weighted by molar-refractivity contribution is 6.35. The molecule has 4 aromatic rings. The fourth-order valence-electron chi connectivity index (χ4n) is 3.58. The number of nitrogens with zero attached hydrogens (tertiary/aromatic N) is 5. The molecule has 0 fully saturated rings. The zero-order valence-corrected chi connectivity index (χ0v) is 16.9. The van der Waals surface area contributed by atoms with Crippen molar-refractivity contribution in [1.29, 1.82) is 0 Å². The Balaban J connectivity index is 1.66. The van der Waals surface area contributed by atoms with Crippen LogP contribution in [-0.4, -0.2) is 43.1 Å². The summed E-state index contributed by atoms with van der Waals surface area (Å²) in [7, 11) is 0. The molecule has 0 atom stereocenters. The number of fused-ring (bicyclic) bond motifs is 2. The summed E-state index contributed by atoms with van der Waals surface area (Å²) in [5, 5.41) is 10.6. The predicted octanol–water partition coefficient (Wildman–Crippen LogP) is 3.79. The largest absolute Gasteiger partial charge is 0.379 e. The highest BCUT2D eigenvalue weighted by Gasteiger charge is 2.24. The van der Waals surface area contributed by atoms with E-state index in [1.54, 1.807) is 40.2 Å². The number of imidazole rings is 1. The van der Waals surface area contributed by atoms with Crippen LogP contribution in [0.25, 0.3) is 27.8 Å². The van der Waals surface area contributed by atoms with Crippen molar-refractivity contribution in [1.82, 2.24) is 24.6 Å². The molecule has 0 spiro atoms. The Morgan fingerprint density at radius 3 is 2.87 bits per heavy atom. The summed E-state index contributed by atoms with van der Waals surface area (Å²) in [5.74, 6) is -0.171. The monoisotopic (exact) mass is 425 g/mol. The quantitative estimate of drug-likeness (QED) is 0.519. The minimum Gasteiger partial charge on any atom is -0.379 e. The van der Waals surface area contributed by atoms with E-state index in [1.165, 1.54) is 6.08 Å². The molecule has 1 amide bonds. The third kappa shape index (κ3) is 2.81. The van der Waals surface area contributed by atoms with Gasteiger partial charge in [0.05, 0.1) is 40.5 Å². The van der Waals surface area contributed by atoms with Gasteiger partial charge in [-0.3, -0.25) is 19.8 Å². The molecule has 0 saturated heterocycles. The SMILES string of the molecule is CC(C)Nc1c(F)c(Cl)c(-c2cn3cc(N4CC=CC4=O)nc3cn2)c2cn[nH]c12. The van der Waals surface area contributed by atoms with E-state index in [-0.39, 0.29) is 22.7 Å². The predicted molar refractivity (Wildman–Crippen MR) is 113 cm³/mol. The molecule has 0 saturated carbocycles. The van der Waals surface area contributed by atoms with Crippen LogP contribution in [0, 0.1) is 5.82 Å². The molecule has 2 N–H and O–H groups in total.